The lowest BCUT2D eigenvalue weighted by atomic mass is 10.0. The van der Waals surface area contributed by atoms with Crippen molar-refractivity contribution >= 4 is 17.3 Å². The number of benzene rings is 1. The molecule has 1 aromatic carbocycles. The summed E-state index contributed by atoms with van der Waals surface area (Å²) in [4.78, 5) is 13.0. The van der Waals surface area contributed by atoms with Gasteiger partial charge in [-0.2, -0.15) is 0 Å². The van der Waals surface area contributed by atoms with Crippen molar-refractivity contribution in [2.45, 2.75) is 38.8 Å². The van der Waals surface area contributed by atoms with Gasteiger partial charge in [0, 0.05) is 35.8 Å². The highest BCUT2D eigenvalue weighted by Gasteiger charge is 2.20. The average Bonchev–Trinajstić information content (AvgIpc) is 2.47. The predicted octanol–water partition coefficient (Wildman–Crippen LogP) is 3.21. The summed E-state index contributed by atoms with van der Waals surface area (Å²) >= 11 is 5.99. The molecule has 21 heavy (non-hydrogen) atoms. The molecule has 6 heteroatoms. The monoisotopic (exact) mass is 311 g/mol. The van der Waals surface area contributed by atoms with Crippen LogP contribution in [0.1, 0.15) is 31.7 Å². The van der Waals surface area contributed by atoms with Crippen molar-refractivity contribution in [1.29, 1.82) is 0 Å². The fraction of sp³-hybridized carbons (Fsp3) is 0.600. The van der Waals surface area contributed by atoms with Crippen LogP contribution in [-0.4, -0.2) is 35.5 Å². The van der Waals surface area contributed by atoms with E-state index in [4.69, 9.17) is 11.6 Å². The normalized spacial score (nSPS) is 18.9. The molecule has 1 aliphatic rings. The second-order valence-corrected chi connectivity index (χ2v) is 5.94. The maximum Gasteiger partial charge on any atom is 0.273 e. The van der Waals surface area contributed by atoms with Crippen molar-refractivity contribution in [3.63, 3.8) is 0 Å². The minimum Gasteiger partial charge on any atom is -0.313 e. The topological polar surface area (TPSA) is 58.4 Å². The van der Waals surface area contributed by atoms with Crippen LogP contribution in [0.15, 0.2) is 18.2 Å². The van der Waals surface area contributed by atoms with E-state index in [1.807, 2.05) is 0 Å². The van der Waals surface area contributed by atoms with Crippen molar-refractivity contribution in [3.8, 4) is 0 Å². The second-order valence-electron chi connectivity index (χ2n) is 5.50. The SMILES string of the molecule is CCN(Cc1cc(Cl)ccc1[N+](=O)[O-])CC1CCCCN1. The van der Waals surface area contributed by atoms with Crippen molar-refractivity contribution in [2.24, 2.45) is 0 Å². The van der Waals surface area contributed by atoms with Gasteiger partial charge >= 0.3 is 0 Å². The molecule has 116 valence electrons. The average molecular weight is 312 g/mol. The Hall–Kier alpha value is -1.17. The van der Waals surface area contributed by atoms with E-state index in [-0.39, 0.29) is 10.6 Å². The molecule has 1 N–H and O–H groups in total. The molecule has 0 bridgehead atoms. The molecule has 1 aromatic rings. The largest absolute Gasteiger partial charge is 0.313 e. The van der Waals surface area contributed by atoms with Gasteiger partial charge in [0.1, 0.15) is 0 Å². The van der Waals surface area contributed by atoms with E-state index in [1.165, 1.54) is 25.3 Å². The zero-order chi connectivity index (χ0) is 15.2. The van der Waals surface area contributed by atoms with Crippen LogP contribution in [0.2, 0.25) is 5.02 Å². The standard InChI is InChI=1S/C15H22ClN3O2/c1-2-18(11-14-5-3-4-8-17-14)10-12-9-13(16)6-7-15(12)19(20)21/h6-7,9,14,17H,2-5,8,10-11H2,1H3. The van der Waals surface area contributed by atoms with Gasteiger partial charge in [0.05, 0.1) is 4.92 Å². The molecule has 2 rings (SSSR count). The van der Waals surface area contributed by atoms with Crippen molar-refractivity contribution in [1.82, 2.24) is 10.2 Å². The highest BCUT2D eigenvalue weighted by molar-refractivity contribution is 6.30. The highest BCUT2D eigenvalue weighted by Crippen LogP contribution is 2.24. The van der Waals surface area contributed by atoms with Crippen LogP contribution in [0.25, 0.3) is 0 Å². The number of rotatable bonds is 6. The van der Waals surface area contributed by atoms with Crippen LogP contribution in [0.4, 0.5) is 5.69 Å². The molecular formula is C15H22ClN3O2. The smallest absolute Gasteiger partial charge is 0.273 e. The summed E-state index contributed by atoms with van der Waals surface area (Å²) in [5, 5.41) is 15.2. The Morgan fingerprint density at radius 3 is 2.90 bits per heavy atom. The minimum atomic E-state index is -0.335. The summed E-state index contributed by atoms with van der Waals surface area (Å²) in [6.45, 7) is 5.49. The Morgan fingerprint density at radius 1 is 1.48 bits per heavy atom. The van der Waals surface area contributed by atoms with Gasteiger partial charge in [-0.05, 0) is 38.1 Å². The molecule has 1 saturated heterocycles. The van der Waals surface area contributed by atoms with Gasteiger partial charge in [0.15, 0.2) is 0 Å². The summed E-state index contributed by atoms with van der Waals surface area (Å²) in [5.74, 6) is 0. The number of hydrogen-bond acceptors (Lipinski definition) is 4. The van der Waals surface area contributed by atoms with E-state index < -0.39 is 0 Å². The van der Waals surface area contributed by atoms with Crippen molar-refractivity contribution < 1.29 is 4.92 Å². The third kappa shape index (κ3) is 4.66. The highest BCUT2D eigenvalue weighted by atomic mass is 35.5. The Balaban J connectivity index is 2.06. The zero-order valence-corrected chi connectivity index (χ0v) is 13.1. The fourth-order valence-corrected chi connectivity index (χ4v) is 2.99. The summed E-state index contributed by atoms with van der Waals surface area (Å²) in [6, 6.07) is 5.25. The minimum absolute atomic E-state index is 0.148. The van der Waals surface area contributed by atoms with Gasteiger partial charge in [0.25, 0.3) is 5.69 Å². The lowest BCUT2D eigenvalue weighted by Crippen LogP contribution is -2.43. The van der Waals surface area contributed by atoms with E-state index >= 15 is 0 Å². The molecule has 1 fully saturated rings. The van der Waals surface area contributed by atoms with Crippen LogP contribution >= 0.6 is 11.6 Å². The number of nitrogens with zero attached hydrogens (tertiary/aromatic N) is 2. The predicted molar refractivity (Wildman–Crippen MR) is 84.7 cm³/mol. The number of nitro groups is 1. The molecule has 0 amide bonds. The molecule has 0 aliphatic carbocycles. The first-order valence-electron chi connectivity index (χ1n) is 7.48. The van der Waals surface area contributed by atoms with E-state index in [1.54, 1.807) is 12.1 Å². The summed E-state index contributed by atoms with van der Waals surface area (Å²) in [5.41, 5.74) is 0.833. The van der Waals surface area contributed by atoms with Crippen molar-refractivity contribution in [2.75, 3.05) is 19.6 Å². The number of halogens is 1. The molecule has 0 saturated carbocycles. The Labute approximate surface area is 130 Å². The maximum absolute atomic E-state index is 11.1. The lowest BCUT2D eigenvalue weighted by molar-refractivity contribution is -0.385. The summed E-state index contributed by atoms with van der Waals surface area (Å²) in [7, 11) is 0. The van der Waals surface area contributed by atoms with Crippen LogP contribution < -0.4 is 5.32 Å². The van der Waals surface area contributed by atoms with Crippen LogP contribution in [0, 0.1) is 10.1 Å². The molecule has 1 heterocycles. The maximum atomic E-state index is 11.1. The molecule has 1 atom stereocenters. The second kappa shape index (κ2) is 7.73. The van der Waals surface area contributed by atoms with Gasteiger partial charge in [-0.3, -0.25) is 15.0 Å². The first-order chi connectivity index (χ1) is 10.1. The Bertz CT molecular complexity index is 490. The fourth-order valence-electron chi connectivity index (χ4n) is 2.80. The van der Waals surface area contributed by atoms with Crippen LogP contribution in [0.3, 0.4) is 0 Å². The van der Waals surface area contributed by atoms with Gasteiger partial charge in [-0.25, -0.2) is 0 Å². The number of hydrogen-bond donors (Lipinski definition) is 1. The van der Waals surface area contributed by atoms with Crippen LogP contribution in [0.5, 0.6) is 0 Å². The molecule has 1 unspecified atom stereocenters. The summed E-state index contributed by atoms with van der Waals surface area (Å²) < 4.78 is 0. The quantitative estimate of drug-likeness (QED) is 0.647. The van der Waals surface area contributed by atoms with E-state index in [0.29, 0.717) is 23.2 Å². The first kappa shape index (κ1) is 16.2. The van der Waals surface area contributed by atoms with Gasteiger partial charge in [-0.1, -0.05) is 24.9 Å². The number of likely N-dealkylation sites (N-methyl/N-ethyl adjacent to an activating group) is 1. The molecule has 5 nitrogen and oxygen atoms in total. The van der Waals surface area contributed by atoms with Gasteiger partial charge in [-0.15, -0.1) is 0 Å². The molecule has 0 aromatic heterocycles. The molecule has 0 spiro atoms. The van der Waals surface area contributed by atoms with Crippen LogP contribution in [-0.2, 0) is 6.54 Å². The molecular weight excluding hydrogens is 290 g/mol. The Morgan fingerprint density at radius 2 is 2.29 bits per heavy atom. The summed E-state index contributed by atoms with van der Waals surface area (Å²) in [6.07, 6.45) is 3.67. The third-order valence-electron chi connectivity index (χ3n) is 3.97. The van der Waals surface area contributed by atoms with Gasteiger partial charge < -0.3 is 5.32 Å². The first-order valence-corrected chi connectivity index (χ1v) is 7.86. The van der Waals surface area contributed by atoms with Crippen molar-refractivity contribution in [3.05, 3.63) is 38.9 Å². The van der Waals surface area contributed by atoms with E-state index in [0.717, 1.165) is 19.6 Å². The van der Waals surface area contributed by atoms with E-state index in [2.05, 4.69) is 17.1 Å². The number of nitro benzene ring substituents is 1. The number of piperidine rings is 1. The third-order valence-corrected chi connectivity index (χ3v) is 4.21. The zero-order valence-electron chi connectivity index (χ0n) is 12.3. The molecule has 0 radical (unpaired) electrons. The Kier molecular flexibility index (Phi) is 5.96. The lowest BCUT2D eigenvalue weighted by Gasteiger charge is -2.29. The number of nitrogens with one attached hydrogen (secondary N) is 1. The molecule has 1 aliphatic heterocycles. The van der Waals surface area contributed by atoms with E-state index in [9.17, 15) is 10.1 Å². The van der Waals surface area contributed by atoms with Gasteiger partial charge in [0.2, 0.25) is 0 Å².